The molecule has 0 aliphatic carbocycles. The van der Waals surface area contributed by atoms with Crippen molar-refractivity contribution >= 4 is 11.6 Å². The highest BCUT2D eigenvalue weighted by Gasteiger charge is 2.24. The van der Waals surface area contributed by atoms with E-state index in [4.69, 9.17) is 22.1 Å². The van der Waals surface area contributed by atoms with Gasteiger partial charge in [0.05, 0.1) is 40.9 Å². The maximum atomic E-state index is 6.37. The van der Waals surface area contributed by atoms with E-state index in [2.05, 4.69) is 15.4 Å². The van der Waals surface area contributed by atoms with E-state index >= 15 is 0 Å². The summed E-state index contributed by atoms with van der Waals surface area (Å²) in [6.45, 7) is 2.07. The predicted octanol–water partition coefficient (Wildman–Crippen LogP) is 2.59. The number of hydrogen-bond acceptors (Lipinski definition) is 5. The van der Waals surface area contributed by atoms with Gasteiger partial charge in [0.2, 0.25) is 0 Å². The average molecular weight is 373 g/mol. The van der Waals surface area contributed by atoms with Crippen LogP contribution in [0.25, 0.3) is 5.69 Å². The van der Waals surface area contributed by atoms with Crippen LogP contribution in [0, 0.1) is 5.92 Å². The van der Waals surface area contributed by atoms with Crippen LogP contribution in [0.15, 0.2) is 42.7 Å². The summed E-state index contributed by atoms with van der Waals surface area (Å²) >= 11 is 6.23. The molecule has 1 aliphatic rings. The second-order valence-electron chi connectivity index (χ2n) is 6.52. The summed E-state index contributed by atoms with van der Waals surface area (Å²) in [7, 11) is 0. The zero-order valence-electron chi connectivity index (χ0n) is 14.3. The van der Waals surface area contributed by atoms with Crippen molar-refractivity contribution in [3.63, 3.8) is 0 Å². The first-order valence-electron chi connectivity index (χ1n) is 8.73. The van der Waals surface area contributed by atoms with Crippen molar-refractivity contribution in [2.45, 2.75) is 25.4 Å². The molecule has 136 valence electrons. The van der Waals surface area contributed by atoms with Gasteiger partial charge >= 0.3 is 0 Å². The van der Waals surface area contributed by atoms with Crippen LogP contribution < -0.4 is 5.73 Å². The number of hydrogen-bond donors (Lipinski definition) is 1. The second kappa shape index (κ2) is 7.57. The first-order valence-corrected chi connectivity index (χ1v) is 9.11. The third-order valence-electron chi connectivity index (χ3n) is 4.74. The third kappa shape index (κ3) is 3.65. The van der Waals surface area contributed by atoms with Gasteiger partial charge in [-0.3, -0.25) is 0 Å². The Bertz CT molecular complexity index is 870. The Kier molecular flexibility index (Phi) is 5.01. The van der Waals surface area contributed by atoms with Gasteiger partial charge in [0.25, 0.3) is 0 Å². The van der Waals surface area contributed by atoms with Crippen molar-refractivity contribution in [3.05, 3.63) is 59.1 Å². The number of nitrogens with zero attached hydrogens (tertiary/aromatic N) is 5. The molecule has 1 aromatic carbocycles. The van der Waals surface area contributed by atoms with Gasteiger partial charge in [-0.15, -0.1) is 5.10 Å². The molecule has 3 heterocycles. The Balaban J connectivity index is 1.45. The smallest absolute Gasteiger partial charge is 0.0997 e. The van der Waals surface area contributed by atoms with Crippen LogP contribution >= 0.6 is 11.6 Å². The average Bonchev–Trinajstić information content (AvgIpc) is 3.32. The molecule has 7 nitrogen and oxygen atoms in total. The molecule has 0 saturated carbocycles. The third-order valence-corrected chi connectivity index (χ3v) is 5.06. The molecule has 0 bridgehead atoms. The fourth-order valence-corrected chi connectivity index (χ4v) is 3.47. The van der Waals surface area contributed by atoms with Crippen molar-refractivity contribution in [3.8, 4) is 5.69 Å². The number of para-hydroxylation sites is 1. The molecule has 1 saturated heterocycles. The molecule has 1 fully saturated rings. The van der Waals surface area contributed by atoms with Gasteiger partial charge in [0, 0.05) is 19.4 Å². The Hall–Kier alpha value is -2.22. The molecule has 1 aliphatic heterocycles. The van der Waals surface area contributed by atoms with Gasteiger partial charge in [-0.25, -0.2) is 9.36 Å². The van der Waals surface area contributed by atoms with E-state index in [1.165, 1.54) is 0 Å². The number of aromatic nitrogens is 5. The van der Waals surface area contributed by atoms with Crippen LogP contribution in [0.3, 0.4) is 0 Å². The molecule has 1 unspecified atom stereocenters. The molecule has 0 spiro atoms. The minimum Gasteiger partial charge on any atom is -0.381 e. The molecule has 0 radical (unpaired) electrons. The quantitative estimate of drug-likeness (QED) is 0.744. The van der Waals surface area contributed by atoms with Crippen LogP contribution in [0.2, 0.25) is 5.02 Å². The van der Waals surface area contributed by atoms with Gasteiger partial charge < -0.3 is 10.5 Å². The van der Waals surface area contributed by atoms with Crippen molar-refractivity contribution in [2.75, 3.05) is 13.2 Å². The largest absolute Gasteiger partial charge is 0.381 e. The van der Waals surface area contributed by atoms with Crippen molar-refractivity contribution < 1.29 is 4.74 Å². The molecular weight excluding hydrogens is 352 g/mol. The monoisotopic (exact) mass is 372 g/mol. The fourth-order valence-electron chi connectivity index (χ4n) is 3.24. The van der Waals surface area contributed by atoms with E-state index in [1.807, 2.05) is 42.7 Å². The molecule has 1 atom stereocenters. The summed E-state index contributed by atoms with van der Waals surface area (Å²) in [5, 5.41) is 13.7. The maximum Gasteiger partial charge on any atom is 0.0997 e. The Morgan fingerprint density at radius 3 is 2.85 bits per heavy atom. The summed E-state index contributed by atoms with van der Waals surface area (Å²) in [4.78, 5) is 0. The lowest BCUT2D eigenvalue weighted by atomic mass is 9.91. The predicted molar refractivity (Wildman–Crippen MR) is 98.2 cm³/mol. The van der Waals surface area contributed by atoms with Crippen LogP contribution in [-0.2, 0) is 11.3 Å². The van der Waals surface area contributed by atoms with E-state index in [9.17, 15) is 0 Å². The highest BCUT2D eigenvalue weighted by atomic mass is 35.5. The highest BCUT2D eigenvalue weighted by Crippen LogP contribution is 2.26. The summed E-state index contributed by atoms with van der Waals surface area (Å²) in [5.74, 6) is 0.397. The lowest BCUT2D eigenvalue weighted by Crippen LogP contribution is -2.27. The van der Waals surface area contributed by atoms with E-state index in [0.29, 0.717) is 17.5 Å². The van der Waals surface area contributed by atoms with Crippen LogP contribution in [0.4, 0.5) is 0 Å². The van der Waals surface area contributed by atoms with Crippen LogP contribution in [0.1, 0.15) is 30.3 Å². The van der Waals surface area contributed by atoms with E-state index in [1.54, 1.807) is 9.36 Å². The van der Waals surface area contributed by atoms with Gasteiger partial charge in [-0.2, -0.15) is 5.10 Å². The second-order valence-corrected chi connectivity index (χ2v) is 6.93. The van der Waals surface area contributed by atoms with Gasteiger partial charge in [-0.1, -0.05) is 28.9 Å². The Morgan fingerprint density at radius 1 is 1.23 bits per heavy atom. The normalized spacial score (nSPS) is 16.7. The number of rotatable bonds is 5. The van der Waals surface area contributed by atoms with Crippen LogP contribution in [0.5, 0.6) is 0 Å². The van der Waals surface area contributed by atoms with E-state index in [0.717, 1.165) is 43.1 Å². The fraction of sp³-hybridized carbons (Fsp3) is 0.389. The lowest BCUT2D eigenvalue weighted by Gasteiger charge is -2.26. The van der Waals surface area contributed by atoms with Gasteiger partial charge in [-0.05, 0) is 37.0 Å². The highest BCUT2D eigenvalue weighted by molar-refractivity contribution is 6.32. The van der Waals surface area contributed by atoms with Crippen molar-refractivity contribution in [1.82, 2.24) is 24.8 Å². The molecule has 0 amide bonds. The van der Waals surface area contributed by atoms with E-state index in [-0.39, 0.29) is 6.04 Å². The first kappa shape index (κ1) is 17.2. The lowest BCUT2D eigenvalue weighted by molar-refractivity contribution is 0.0579. The number of halogens is 1. The zero-order chi connectivity index (χ0) is 17.9. The van der Waals surface area contributed by atoms with Gasteiger partial charge in [0.1, 0.15) is 0 Å². The number of benzene rings is 1. The number of ether oxygens (including phenoxy) is 1. The van der Waals surface area contributed by atoms with Crippen molar-refractivity contribution in [1.29, 1.82) is 0 Å². The minimum absolute atomic E-state index is 0.103. The number of nitrogens with two attached hydrogens (primary N) is 1. The summed E-state index contributed by atoms with van der Waals surface area (Å²) in [6.07, 6.45) is 5.74. The molecule has 3 aromatic rings. The molecular formula is C18H21ClN6O. The SMILES string of the molecule is NC(c1cn(Cc2ccn(-c3ccccc3Cl)n2)nn1)C1CCOCC1. The molecule has 4 rings (SSSR count). The standard InChI is InChI=1S/C18H21ClN6O/c19-15-3-1-2-4-17(15)25-8-5-14(22-25)11-24-12-16(21-23-24)18(20)13-6-9-26-10-7-13/h1-5,8,12-13,18H,6-7,9-11,20H2. The molecule has 26 heavy (non-hydrogen) atoms. The first-order chi connectivity index (χ1) is 12.7. The Labute approximate surface area is 156 Å². The van der Waals surface area contributed by atoms with Gasteiger partial charge in [0.15, 0.2) is 0 Å². The summed E-state index contributed by atoms with van der Waals surface area (Å²) in [6, 6.07) is 9.45. The zero-order valence-corrected chi connectivity index (χ0v) is 15.1. The van der Waals surface area contributed by atoms with Crippen LogP contribution in [-0.4, -0.2) is 38.0 Å². The maximum absolute atomic E-state index is 6.37. The summed E-state index contributed by atoms with van der Waals surface area (Å²) < 4.78 is 8.94. The summed E-state index contributed by atoms with van der Waals surface area (Å²) in [5.41, 5.74) is 8.91. The molecule has 2 aromatic heterocycles. The van der Waals surface area contributed by atoms with E-state index < -0.39 is 0 Å². The topological polar surface area (TPSA) is 83.8 Å². The molecule has 2 N–H and O–H groups in total. The Morgan fingerprint density at radius 2 is 2.04 bits per heavy atom. The minimum atomic E-state index is -0.103. The molecule has 8 heteroatoms. The van der Waals surface area contributed by atoms with Crippen molar-refractivity contribution in [2.24, 2.45) is 11.7 Å².